The van der Waals surface area contributed by atoms with Gasteiger partial charge in [0, 0.05) is 17.7 Å². The van der Waals surface area contributed by atoms with Crippen LogP contribution in [0.25, 0.3) is 0 Å². The number of hydrogen-bond donors (Lipinski definition) is 1. The van der Waals surface area contributed by atoms with Crippen LogP contribution >= 0.6 is 0 Å². The van der Waals surface area contributed by atoms with E-state index in [0.717, 1.165) is 11.1 Å². The van der Waals surface area contributed by atoms with Crippen LogP contribution in [0.5, 0.6) is 0 Å². The molecule has 0 unspecified atom stereocenters. The summed E-state index contributed by atoms with van der Waals surface area (Å²) < 4.78 is 0. The molecule has 0 heterocycles. The van der Waals surface area contributed by atoms with Gasteiger partial charge in [0.15, 0.2) is 5.78 Å². The van der Waals surface area contributed by atoms with E-state index >= 15 is 0 Å². The third-order valence-electron chi connectivity index (χ3n) is 1.74. The summed E-state index contributed by atoms with van der Waals surface area (Å²) in [5.41, 5.74) is 8.01. The molecule has 0 fully saturated rings. The molecule has 2 N–H and O–H groups in total. The molecule has 0 saturated carbocycles. The van der Waals surface area contributed by atoms with Gasteiger partial charge in [-0.25, -0.2) is 0 Å². The highest BCUT2D eigenvalue weighted by Gasteiger charge is 2.03. The predicted molar refractivity (Wildman–Crippen MR) is 50.2 cm³/mol. The lowest BCUT2D eigenvalue weighted by Gasteiger charge is -2.01. The van der Waals surface area contributed by atoms with E-state index in [0.29, 0.717) is 12.1 Å². The summed E-state index contributed by atoms with van der Waals surface area (Å²) in [6.07, 6.45) is 0.531. The molecule has 0 bridgehead atoms. The highest BCUT2D eigenvalue weighted by molar-refractivity contribution is 5.96. The summed E-state index contributed by atoms with van der Waals surface area (Å²) in [5, 5.41) is 0. The van der Waals surface area contributed by atoms with E-state index in [4.69, 9.17) is 5.73 Å². The second-order valence-electron chi connectivity index (χ2n) is 2.91. The van der Waals surface area contributed by atoms with Gasteiger partial charge in [0.05, 0.1) is 0 Å². The van der Waals surface area contributed by atoms with Crippen molar-refractivity contribution in [1.29, 1.82) is 0 Å². The first kappa shape index (κ1) is 8.78. The maximum Gasteiger partial charge on any atom is 0.162 e. The Morgan fingerprint density at radius 2 is 2.08 bits per heavy atom. The van der Waals surface area contributed by atoms with Crippen LogP contribution in [-0.2, 0) is 0 Å². The number of hydrogen-bond acceptors (Lipinski definition) is 2. The van der Waals surface area contributed by atoms with E-state index in [-0.39, 0.29) is 5.78 Å². The smallest absolute Gasteiger partial charge is 0.162 e. The van der Waals surface area contributed by atoms with Gasteiger partial charge in [-0.1, -0.05) is 6.92 Å². The second-order valence-corrected chi connectivity index (χ2v) is 2.91. The molecule has 0 aliphatic heterocycles. The zero-order chi connectivity index (χ0) is 9.14. The van der Waals surface area contributed by atoms with Crippen LogP contribution in [-0.4, -0.2) is 5.78 Å². The molecule has 0 atom stereocenters. The van der Waals surface area contributed by atoms with Gasteiger partial charge >= 0.3 is 0 Å². The molecule has 64 valence electrons. The quantitative estimate of drug-likeness (QED) is 0.536. The number of Topliss-reactive ketones (excluding diaryl/α,β-unsaturated/α-hetero) is 1. The van der Waals surface area contributed by atoms with Gasteiger partial charge in [-0.3, -0.25) is 4.79 Å². The lowest BCUT2D eigenvalue weighted by molar-refractivity contribution is 0.0988. The van der Waals surface area contributed by atoms with Crippen molar-refractivity contribution in [3.63, 3.8) is 0 Å². The Hall–Kier alpha value is -1.31. The Morgan fingerprint density at radius 3 is 2.58 bits per heavy atom. The monoisotopic (exact) mass is 163 g/mol. The van der Waals surface area contributed by atoms with Crippen LogP contribution < -0.4 is 5.73 Å². The van der Waals surface area contributed by atoms with Crippen molar-refractivity contribution in [1.82, 2.24) is 0 Å². The van der Waals surface area contributed by atoms with Gasteiger partial charge in [0.25, 0.3) is 0 Å². The molecule has 12 heavy (non-hydrogen) atoms. The minimum atomic E-state index is 0.144. The van der Waals surface area contributed by atoms with Crippen molar-refractivity contribution in [2.75, 3.05) is 5.73 Å². The van der Waals surface area contributed by atoms with Gasteiger partial charge in [-0.05, 0) is 30.7 Å². The maximum absolute atomic E-state index is 11.3. The summed E-state index contributed by atoms with van der Waals surface area (Å²) in [6, 6.07) is 5.44. The lowest BCUT2D eigenvalue weighted by atomic mass is 10.1. The molecule has 0 radical (unpaired) electrons. The van der Waals surface area contributed by atoms with E-state index in [1.54, 1.807) is 6.07 Å². The highest BCUT2D eigenvalue weighted by Crippen LogP contribution is 2.12. The fraction of sp³-hybridized carbons (Fsp3) is 0.300. The van der Waals surface area contributed by atoms with Gasteiger partial charge in [0.1, 0.15) is 0 Å². The van der Waals surface area contributed by atoms with E-state index in [1.165, 1.54) is 0 Å². The molecular formula is C10H13NO. The Morgan fingerprint density at radius 1 is 1.42 bits per heavy atom. The third kappa shape index (κ3) is 1.84. The third-order valence-corrected chi connectivity index (χ3v) is 1.74. The molecule has 0 aromatic heterocycles. The Balaban J connectivity index is 3.08. The first-order valence-corrected chi connectivity index (χ1v) is 4.04. The Bertz CT molecular complexity index is 284. The van der Waals surface area contributed by atoms with E-state index in [1.807, 2.05) is 26.0 Å². The minimum absolute atomic E-state index is 0.144. The number of benzene rings is 1. The molecule has 0 spiro atoms. The van der Waals surface area contributed by atoms with Crippen LogP contribution in [0.1, 0.15) is 29.3 Å². The highest BCUT2D eigenvalue weighted by atomic mass is 16.1. The van der Waals surface area contributed by atoms with E-state index in [9.17, 15) is 4.79 Å². The summed E-state index contributed by atoms with van der Waals surface area (Å²) in [6.45, 7) is 3.78. The summed E-state index contributed by atoms with van der Waals surface area (Å²) in [7, 11) is 0. The van der Waals surface area contributed by atoms with E-state index in [2.05, 4.69) is 0 Å². The number of carbonyl (C=O) groups excluding carboxylic acids is 1. The van der Waals surface area contributed by atoms with Crippen LogP contribution in [0.3, 0.4) is 0 Å². The minimum Gasteiger partial charge on any atom is -0.399 e. The van der Waals surface area contributed by atoms with Crippen molar-refractivity contribution in [2.24, 2.45) is 0 Å². The Labute approximate surface area is 72.4 Å². The first-order valence-electron chi connectivity index (χ1n) is 4.04. The molecule has 2 nitrogen and oxygen atoms in total. The zero-order valence-electron chi connectivity index (χ0n) is 7.42. The molecule has 0 aliphatic carbocycles. The van der Waals surface area contributed by atoms with Gasteiger partial charge in [-0.15, -0.1) is 0 Å². The molecule has 0 aliphatic rings. The average molecular weight is 163 g/mol. The van der Waals surface area contributed by atoms with Crippen LogP contribution in [0.15, 0.2) is 18.2 Å². The maximum atomic E-state index is 11.3. The van der Waals surface area contributed by atoms with Gasteiger partial charge in [-0.2, -0.15) is 0 Å². The number of anilines is 1. The predicted octanol–water partition coefficient (Wildman–Crippen LogP) is 2.17. The topological polar surface area (TPSA) is 43.1 Å². The SMILES string of the molecule is CCC(=O)c1cc(C)cc(N)c1. The molecule has 1 rings (SSSR count). The normalized spacial score (nSPS) is 9.83. The summed E-state index contributed by atoms with van der Waals surface area (Å²) in [5.74, 6) is 0.144. The largest absolute Gasteiger partial charge is 0.399 e. The number of ketones is 1. The van der Waals surface area contributed by atoms with Crippen molar-refractivity contribution < 1.29 is 4.79 Å². The van der Waals surface area contributed by atoms with Crippen molar-refractivity contribution in [3.05, 3.63) is 29.3 Å². The number of aryl methyl sites for hydroxylation is 1. The summed E-state index contributed by atoms with van der Waals surface area (Å²) in [4.78, 5) is 11.3. The fourth-order valence-corrected chi connectivity index (χ4v) is 1.18. The van der Waals surface area contributed by atoms with Gasteiger partial charge < -0.3 is 5.73 Å². The van der Waals surface area contributed by atoms with E-state index < -0.39 is 0 Å². The average Bonchev–Trinajstić information content (AvgIpc) is 2.01. The molecule has 0 saturated heterocycles. The first-order chi connectivity index (χ1) is 5.63. The standard InChI is InChI=1S/C10H13NO/c1-3-10(12)8-4-7(2)5-9(11)6-8/h4-6H,3,11H2,1-2H3. The lowest BCUT2D eigenvalue weighted by Crippen LogP contribution is -1.98. The fourth-order valence-electron chi connectivity index (χ4n) is 1.18. The van der Waals surface area contributed by atoms with Crippen LogP contribution in [0, 0.1) is 6.92 Å². The number of rotatable bonds is 2. The zero-order valence-corrected chi connectivity index (χ0v) is 7.42. The number of nitrogens with two attached hydrogens (primary N) is 1. The van der Waals surface area contributed by atoms with Crippen LogP contribution in [0.2, 0.25) is 0 Å². The molecule has 1 aromatic carbocycles. The number of nitrogen functional groups attached to an aromatic ring is 1. The Kier molecular flexibility index (Phi) is 2.48. The van der Waals surface area contributed by atoms with Crippen molar-refractivity contribution in [2.45, 2.75) is 20.3 Å². The summed E-state index contributed by atoms with van der Waals surface area (Å²) >= 11 is 0. The van der Waals surface area contributed by atoms with Crippen LogP contribution in [0.4, 0.5) is 5.69 Å². The van der Waals surface area contributed by atoms with Gasteiger partial charge in [0.2, 0.25) is 0 Å². The molecular weight excluding hydrogens is 150 g/mol. The number of carbonyl (C=O) groups is 1. The molecule has 0 amide bonds. The van der Waals surface area contributed by atoms with Crippen molar-refractivity contribution >= 4 is 11.5 Å². The molecule has 1 aromatic rings. The second kappa shape index (κ2) is 3.39. The molecule has 2 heteroatoms. The van der Waals surface area contributed by atoms with Crippen molar-refractivity contribution in [3.8, 4) is 0 Å².